The second-order valence-corrected chi connectivity index (χ2v) is 6.15. The van der Waals surface area contributed by atoms with Gasteiger partial charge in [-0.25, -0.2) is 9.59 Å². The van der Waals surface area contributed by atoms with Crippen LogP contribution in [0.3, 0.4) is 0 Å². The van der Waals surface area contributed by atoms with Crippen LogP contribution in [-0.4, -0.2) is 20.2 Å². The number of hydrogen-bond donors (Lipinski definition) is 1. The first kappa shape index (κ1) is 17.0. The molecule has 0 radical (unpaired) electrons. The highest BCUT2D eigenvalue weighted by Gasteiger charge is 2.35. The first-order valence-electron chi connectivity index (χ1n) is 8.28. The lowest BCUT2D eigenvalue weighted by atomic mass is 10.1. The van der Waals surface area contributed by atoms with E-state index in [9.17, 15) is 9.59 Å². The molecule has 0 unspecified atom stereocenters. The molecule has 27 heavy (non-hydrogen) atoms. The molecule has 0 amide bonds. The molecule has 3 aromatic rings. The fraction of sp³-hybridized carbons (Fsp3) is 0.200. The van der Waals surface area contributed by atoms with Crippen molar-refractivity contribution in [3.63, 3.8) is 0 Å². The van der Waals surface area contributed by atoms with Gasteiger partial charge in [-0.1, -0.05) is 0 Å². The molecule has 1 aliphatic heterocycles. The lowest BCUT2D eigenvalue weighted by Gasteiger charge is -2.15. The first-order chi connectivity index (χ1) is 13.0. The predicted molar refractivity (Wildman–Crippen MR) is 98.5 cm³/mol. The largest absolute Gasteiger partial charge is 0.493 e. The van der Waals surface area contributed by atoms with E-state index in [1.807, 2.05) is 19.1 Å². The van der Waals surface area contributed by atoms with Gasteiger partial charge in [0.2, 0.25) is 6.23 Å². The first-order valence-corrected chi connectivity index (χ1v) is 8.28. The number of nitrogens with one attached hydrogen (secondary N) is 1. The maximum absolute atomic E-state index is 12.4. The number of anilines is 1. The van der Waals surface area contributed by atoms with Crippen LogP contribution < -0.4 is 20.4 Å². The van der Waals surface area contributed by atoms with Gasteiger partial charge in [0.1, 0.15) is 11.1 Å². The van der Waals surface area contributed by atoms with E-state index in [1.165, 1.54) is 20.3 Å². The van der Waals surface area contributed by atoms with Crippen LogP contribution in [0.25, 0.3) is 11.0 Å². The van der Waals surface area contributed by atoms with Crippen molar-refractivity contribution in [1.82, 2.24) is 0 Å². The molecule has 1 N–H and O–H groups in total. The van der Waals surface area contributed by atoms with Gasteiger partial charge in [-0.3, -0.25) is 0 Å². The molecular formula is C20H17NO6. The molecule has 4 rings (SSSR count). The number of aryl methyl sites for hydroxylation is 1. The Kier molecular flexibility index (Phi) is 3.99. The maximum Gasteiger partial charge on any atom is 0.344 e. The Morgan fingerprint density at radius 2 is 1.85 bits per heavy atom. The number of carbonyl (C=O) groups excluding carboxylic acids is 1. The van der Waals surface area contributed by atoms with Crippen LogP contribution in [0.15, 0.2) is 45.6 Å². The molecule has 2 aromatic carbocycles. The van der Waals surface area contributed by atoms with Crippen molar-refractivity contribution in [2.24, 2.45) is 0 Å². The van der Waals surface area contributed by atoms with Crippen molar-refractivity contribution in [2.75, 3.05) is 19.5 Å². The second kappa shape index (κ2) is 6.35. The third-order valence-electron chi connectivity index (χ3n) is 4.54. The highest BCUT2D eigenvalue weighted by Crippen LogP contribution is 2.42. The number of rotatable bonds is 4. The Hall–Kier alpha value is -3.48. The van der Waals surface area contributed by atoms with E-state index in [0.29, 0.717) is 33.9 Å². The van der Waals surface area contributed by atoms with E-state index in [4.69, 9.17) is 18.6 Å². The Morgan fingerprint density at radius 1 is 1.04 bits per heavy atom. The number of methoxy groups -OCH3 is 2. The van der Waals surface area contributed by atoms with Crippen molar-refractivity contribution in [2.45, 2.75) is 13.2 Å². The molecule has 2 heterocycles. The summed E-state index contributed by atoms with van der Waals surface area (Å²) in [5.74, 6) is 0.294. The van der Waals surface area contributed by atoms with Crippen LogP contribution in [0.1, 0.15) is 27.7 Å². The summed E-state index contributed by atoms with van der Waals surface area (Å²) in [6.07, 6.45) is -0.693. The van der Waals surface area contributed by atoms with Crippen molar-refractivity contribution >= 4 is 22.6 Å². The number of ether oxygens (including phenoxy) is 3. The molecule has 0 saturated carbocycles. The SMILES string of the molecule is COc1ccc2c(c1OC)C(=O)O[C@@H]2Nc1ccc2c(C)cc(=O)oc2c1. The molecular weight excluding hydrogens is 350 g/mol. The van der Waals surface area contributed by atoms with E-state index in [2.05, 4.69) is 5.32 Å². The number of fused-ring (bicyclic) bond motifs is 2. The lowest BCUT2D eigenvalue weighted by molar-refractivity contribution is 0.0435. The third kappa shape index (κ3) is 2.77. The minimum absolute atomic E-state index is 0.331. The fourth-order valence-corrected chi connectivity index (χ4v) is 3.27. The zero-order valence-electron chi connectivity index (χ0n) is 15.0. The van der Waals surface area contributed by atoms with Gasteiger partial charge in [0, 0.05) is 28.8 Å². The summed E-state index contributed by atoms with van der Waals surface area (Å²) in [4.78, 5) is 24.0. The fourth-order valence-electron chi connectivity index (χ4n) is 3.27. The Labute approximate surface area is 154 Å². The van der Waals surface area contributed by atoms with Gasteiger partial charge in [-0.15, -0.1) is 0 Å². The molecule has 7 nitrogen and oxygen atoms in total. The molecule has 1 atom stereocenters. The number of hydrogen-bond acceptors (Lipinski definition) is 7. The molecule has 1 aromatic heterocycles. The molecule has 0 saturated heterocycles. The van der Waals surface area contributed by atoms with Gasteiger partial charge in [0.15, 0.2) is 11.5 Å². The topological polar surface area (TPSA) is 87.0 Å². The van der Waals surface area contributed by atoms with Crippen molar-refractivity contribution in [1.29, 1.82) is 0 Å². The number of benzene rings is 2. The lowest BCUT2D eigenvalue weighted by Crippen LogP contribution is -2.10. The van der Waals surface area contributed by atoms with Crippen molar-refractivity contribution in [3.05, 3.63) is 63.5 Å². The van der Waals surface area contributed by atoms with Crippen LogP contribution in [0.2, 0.25) is 0 Å². The summed E-state index contributed by atoms with van der Waals surface area (Å²) in [6, 6.07) is 10.3. The zero-order chi connectivity index (χ0) is 19.1. The predicted octanol–water partition coefficient (Wildman–Crippen LogP) is 3.40. The summed E-state index contributed by atoms with van der Waals surface area (Å²) in [5.41, 5.74) is 2.51. The van der Waals surface area contributed by atoms with Gasteiger partial charge in [0.25, 0.3) is 0 Å². The summed E-state index contributed by atoms with van der Waals surface area (Å²) >= 11 is 0. The van der Waals surface area contributed by atoms with E-state index in [1.54, 1.807) is 18.2 Å². The van der Waals surface area contributed by atoms with Gasteiger partial charge in [-0.2, -0.15) is 0 Å². The highest BCUT2D eigenvalue weighted by molar-refractivity contribution is 5.98. The molecule has 7 heteroatoms. The molecule has 0 spiro atoms. The van der Waals surface area contributed by atoms with Crippen molar-refractivity contribution in [3.8, 4) is 11.5 Å². The summed E-state index contributed by atoms with van der Waals surface area (Å²) in [5, 5.41) is 3.99. The number of carbonyl (C=O) groups is 1. The Bertz CT molecular complexity index is 1120. The third-order valence-corrected chi connectivity index (χ3v) is 4.54. The number of cyclic esters (lactones) is 1. The van der Waals surface area contributed by atoms with Gasteiger partial charge >= 0.3 is 11.6 Å². The molecule has 0 bridgehead atoms. The molecule has 138 valence electrons. The van der Waals surface area contributed by atoms with Crippen LogP contribution in [0.4, 0.5) is 5.69 Å². The minimum atomic E-state index is -0.693. The molecule has 0 aliphatic carbocycles. The normalized spacial score (nSPS) is 15.4. The van der Waals surface area contributed by atoms with Crippen molar-refractivity contribution < 1.29 is 23.4 Å². The van der Waals surface area contributed by atoms with Gasteiger partial charge in [-0.05, 0) is 36.8 Å². The zero-order valence-corrected chi connectivity index (χ0v) is 15.0. The van der Waals surface area contributed by atoms with Crippen LogP contribution >= 0.6 is 0 Å². The van der Waals surface area contributed by atoms with E-state index in [-0.39, 0.29) is 0 Å². The highest BCUT2D eigenvalue weighted by atomic mass is 16.6. The van der Waals surface area contributed by atoms with Crippen LogP contribution in [-0.2, 0) is 4.74 Å². The average Bonchev–Trinajstić information content (AvgIpc) is 2.96. The summed E-state index contributed by atoms with van der Waals surface area (Å²) in [7, 11) is 2.98. The maximum atomic E-state index is 12.4. The molecule has 0 fully saturated rings. The monoisotopic (exact) mass is 367 g/mol. The summed E-state index contributed by atoms with van der Waals surface area (Å²) < 4.78 is 21.3. The van der Waals surface area contributed by atoms with Crippen LogP contribution in [0.5, 0.6) is 11.5 Å². The standard InChI is InChI=1S/C20H17NO6/c1-10-8-16(22)26-15-9-11(4-5-12(10)15)21-19-13-6-7-14(24-2)18(25-3)17(13)20(23)27-19/h4-9,19,21H,1-3H3/t19-/m0/s1. The van der Waals surface area contributed by atoms with E-state index < -0.39 is 17.8 Å². The second-order valence-electron chi connectivity index (χ2n) is 6.15. The number of esters is 1. The Balaban J connectivity index is 1.72. The van der Waals surface area contributed by atoms with E-state index in [0.717, 1.165) is 10.9 Å². The molecule has 1 aliphatic rings. The minimum Gasteiger partial charge on any atom is -0.493 e. The van der Waals surface area contributed by atoms with Gasteiger partial charge in [0.05, 0.1) is 14.2 Å². The summed E-state index contributed by atoms with van der Waals surface area (Å²) in [6.45, 7) is 1.85. The Morgan fingerprint density at radius 3 is 2.59 bits per heavy atom. The van der Waals surface area contributed by atoms with E-state index >= 15 is 0 Å². The quantitative estimate of drug-likeness (QED) is 0.558. The van der Waals surface area contributed by atoms with Gasteiger partial charge < -0.3 is 23.9 Å². The van der Waals surface area contributed by atoms with Crippen LogP contribution in [0, 0.1) is 6.92 Å². The average molecular weight is 367 g/mol. The smallest absolute Gasteiger partial charge is 0.344 e.